The van der Waals surface area contributed by atoms with E-state index in [1.165, 1.54) is 22.7 Å². The highest BCUT2D eigenvalue weighted by molar-refractivity contribution is 7.15. The third kappa shape index (κ3) is 4.12. The van der Waals surface area contributed by atoms with E-state index in [0.29, 0.717) is 33.9 Å². The van der Waals surface area contributed by atoms with Crippen LogP contribution in [0.2, 0.25) is 0 Å². The number of anilines is 1. The Morgan fingerprint density at radius 1 is 1.36 bits per heavy atom. The molecule has 0 radical (unpaired) electrons. The summed E-state index contributed by atoms with van der Waals surface area (Å²) < 4.78 is 10.2. The average molecular weight is 377 g/mol. The Balaban J connectivity index is 1.69. The van der Waals surface area contributed by atoms with Gasteiger partial charge in [0, 0.05) is 10.3 Å². The first-order valence-corrected chi connectivity index (χ1v) is 9.19. The van der Waals surface area contributed by atoms with Gasteiger partial charge in [0.2, 0.25) is 0 Å². The van der Waals surface area contributed by atoms with Crippen molar-refractivity contribution in [3.8, 4) is 10.8 Å². The smallest absolute Gasteiger partial charge is 0.311 e. The van der Waals surface area contributed by atoms with Crippen molar-refractivity contribution < 1.29 is 18.7 Å². The van der Waals surface area contributed by atoms with Crippen LogP contribution in [0.4, 0.5) is 5.13 Å². The lowest BCUT2D eigenvalue weighted by Gasteiger charge is -2.00. The molecule has 0 saturated carbocycles. The number of hydrogen-bond donors (Lipinski definition) is 1. The predicted octanol–water partition coefficient (Wildman–Crippen LogP) is 3.53. The van der Waals surface area contributed by atoms with Crippen LogP contribution in [-0.4, -0.2) is 28.5 Å². The summed E-state index contributed by atoms with van der Waals surface area (Å²) in [5, 5.41) is 5.49. The number of rotatable bonds is 6. The molecule has 130 valence electrons. The van der Waals surface area contributed by atoms with Gasteiger partial charge in [-0.25, -0.2) is 9.97 Å². The van der Waals surface area contributed by atoms with Crippen LogP contribution >= 0.6 is 22.7 Å². The molecule has 1 N–H and O–H groups in total. The molecule has 9 heteroatoms. The zero-order valence-corrected chi connectivity index (χ0v) is 15.2. The van der Waals surface area contributed by atoms with Gasteiger partial charge in [0.05, 0.1) is 25.0 Å². The summed E-state index contributed by atoms with van der Waals surface area (Å²) in [6.07, 6.45) is 1.64. The molecule has 0 saturated heterocycles. The Kier molecular flexibility index (Phi) is 5.25. The zero-order valence-electron chi connectivity index (χ0n) is 13.6. The molecule has 3 aromatic heterocycles. The monoisotopic (exact) mass is 377 g/mol. The molecule has 0 fully saturated rings. The van der Waals surface area contributed by atoms with E-state index >= 15 is 0 Å². The van der Waals surface area contributed by atoms with E-state index in [0.717, 1.165) is 4.88 Å². The molecule has 3 aromatic rings. The summed E-state index contributed by atoms with van der Waals surface area (Å²) in [6, 6.07) is 3.56. The van der Waals surface area contributed by atoms with Crippen molar-refractivity contribution in [3.63, 3.8) is 0 Å². The summed E-state index contributed by atoms with van der Waals surface area (Å²) in [5.74, 6) is -0.0641. The number of nitrogens with one attached hydrogen (secondary N) is 1. The Morgan fingerprint density at radius 3 is 2.92 bits per heavy atom. The van der Waals surface area contributed by atoms with Crippen LogP contribution in [0.25, 0.3) is 10.8 Å². The highest BCUT2D eigenvalue weighted by Crippen LogP contribution is 2.28. The Hall–Kier alpha value is -2.52. The van der Waals surface area contributed by atoms with E-state index in [2.05, 4.69) is 15.3 Å². The van der Waals surface area contributed by atoms with Crippen LogP contribution in [-0.2, 0) is 16.0 Å². The van der Waals surface area contributed by atoms with E-state index in [9.17, 15) is 9.59 Å². The number of esters is 1. The van der Waals surface area contributed by atoms with E-state index in [4.69, 9.17) is 9.15 Å². The fraction of sp³-hybridized carbons (Fsp3) is 0.250. The topological polar surface area (TPSA) is 94.3 Å². The van der Waals surface area contributed by atoms with Gasteiger partial charge >= 0.3 is 5.97 Å². The maximum Gasteiger partial charge on any atom is 0.311 e. The minimum Gasteiger partial charge on any atom is -0.466 e. The largest absolute Gasteiger partial charge is 0.466 e. The Bertz CT molecular complexity index is 883. The fourth-order valence-electron chi connectivity index (χ4n) is 2.07. The van der Waals surface area contributed by atoms with Crippen LogP contribution in [0, 0.1) is 6.92 Å². The normalized spacial score (nSPS) is 10.6. The summed E-state index contributed by atoms with van der Waals surface area (Å²) >= 11 is 2.64. The third-order valence-electron chi connectivity index (χ3n) is 3.15. The van der Waals surface area contributed by atoms with Crippen LogP contribution in [0.1, 0.15) is 28.0 Å². The molecule has 0 aliphatic rings. The van der Waals surface area contributed by atoms with Crippen molar-refractivity contribution in [2.45, 2.75) is 20.3 Å². The number of nitrogens with zero attached hydrogens (tertiary/aromatic N) is 2. The number of ether oxygens (including phenoxy) is 1. The molecule has 0 bridgehead atoms. The van der Waals surface area contributed by atoms with Crippen LogP contribution < -0.4 is 5.32 Å². The molecule has 0 unspecified atom stereocenters. The Labute approximate surface area is 151 Å². The maximum absolute atomic E-state index is 12.4. The van der Waals surface area contributed by atoms with Gasteiger partial charge in [-0.3, -0.25) is 14.9 Å². The first-order chi connectivity index (χ1) is 12.1. The van der Waals surface area contributed by atoms with Gasteiger partial charge in [-0.15, -0.1) is 22.7 Å². The van der Waals surface area contributed by atoms with Crippen LogP contribution in [0.3, 0.4) is 0 Å². The molecule has 7 nitrogen and oxygen atoms in total. The van der Waals surface area contributed by atoms with Gasteiger partial charge in [0.15, 0.2) is 15.9 Å². The number of amides is 1. The fourth-order valence-corrected chi connectivity index (χ4v) is 3.66. The number of carbonyl (C=O) groups excluding carboxylic acids is 2. The molecule has 3 heterocycles. The SMILES string of the molecule is CCOC(=O)Cc1csc(NC(=O)c2nc(-c3ccco3)sc2C)n1. The van der Waals surface area contributed by atoms with Gasteiger partial charge in [-0.2, -0.15) is 0 Å². The molecular formula is C16H15N3O4S2. The van der Waals surface area contributed by atoms with Crippen molar-refractivity contribution in [2.24, 2.45) is 0 Å². The molecule has 0 aromatic carbocycles. The summed E-state index contributed by atoms with van der Waals surface area (Å²) in [6.45, 7) is 3.90. The Morgan fingerprint density at radius 2 is 2.20 bits per heavy atom. The number of furan rings is 1. The highest BCUT2D eigenvalue weighted by atomic mass is 32.1. The summed E-state index contributed by atoms with van der Waals surface area (Å²) in [7, 11) is 0. The second-order valence-electron chi connectivity index (χ2n) is 4.98. The number of thiazole rings is 2. The van der Waals surface area contributed by atoms with Crippen molar-refractivity contribution in [1.29, 1.82) is 0 Å². The second-order valence-corrected chi connectivity index (χ2v) is 7.04. The zero-order chi connectivity index (χ0) is 17.8. The summed E-state index contributed by atoms with van der Waals surface area (Å²) in [5.41, 5.74) is 0.892. The van der Waals surface area contributed by atoms with Gasteiger partial charge in [-0.1, -0.05) is 0 Å². The number of carbonyl (C=O) groups is 2. The standard InChI is InChI=1S/C16H15N3O4S2/c1-3-22-12(20)7-10-8-24-16(17-10)19-14(21)13-9(2)25-15(18-13)11-5-4-6-23-11/h4-6,8H,3,7H2,1-2H3,(H,17,19,21). The number of hydrogen-bond acceptors (Lipinski definition) is 8. The molecule has 1 amide bonds. The minimum atomic E-state index is -0.344. The molecule has 0 atom stereocenters. The number of aryl methyl sites for hydroxylation is 1. The van der Waals surface area contributed by atoms with E-state index in [1.807, 2.05) is 6.92 Å². The molecule has 25 heavy (non-hydrogen) atoms. The minimum absolute atomic E-state index is 0.0819. The molecule has 3 rings (SSSR count). The van der Waals surface area contributed by atoms with Crippen molar-refractivity contribution in [3.05, 3.63) is 40.0 Å². The molecule has 0 spiro atoms. The molecule has 0 aliphatic heterocycles. The van der Waals surface area contributed by atoms with Crippen molar-refractivity contribution in [2.75, 3.05) is 11.9 Å². The van der Waals surface area contributed by atoms with E-state index in [-0.39, 0.29) is 18.3 Å². The van der Waals surface area contributed by atoms with Crippen molar-refractivity contribution >= 4 is 39.7 Å². The van der Waals surface area contributed by atoms with Crippen LogP contribution in [0.5, 0.6) is 0 Å². The second kappa shape index (κ2) is 7.58. The van der Waals surface area contributed by atoms with Gasteiger partial charge < -0.3 is 9.15 Å². The lowest BCUT2D eigenvalue weighted by atomic mass is 10.3. The van der Waals surface area contributed by atoms with Gasteiger partial charge in [0.25, 0.3) is 5.91 Å². The molecule has 0 aliphatic carbocycles. The predicted molar refractivity (Wildman–Crippen MR) is 95.0 cm³/mol. The van der Waals surface area contributed by atoms with Crippen LogP contribution in [0.15, 0.2) is 28.2 Å². The lowest BCUT2D eigenvalue weighted by molar-refractivity contribution is -0.142. The average Bonchev–Trinajstić information content (AvgIpc) is 3.28. The van der Waals surface area contributed by atoms with Crippen molar-refractivity contribution in [1.82, 2.24) is 9.97 Å². The summed E-state index contributed by atoms with van der Waals surface area (Å²) in [4.78, 5) is 33.2. The maximum atomic E-state index is 12.4. The molecular weight excluding hydrogens is 362 g/mol. The number of aromatic nitrogens is 2. The van der Waals surface area contributed by atoms with Gasteiger partial charge in [-0.05, 0) is 26.0 Å². The third-order valence-corrected chi connectivity index (χ3v) is 4.94. The quantitative estimate of drug-likeness (QED) is 0.661. The lowest BCUT2D eigenvalue weighted by Crippen LogP contribution is -2.13. The van der Waals surface area contributed by atoms with E-state index < -0.39 is 0 Å². The first kappa shape index (κ1) is 17.3. The van der Waals surface area contributed by atoms with Gasteiger partial charge in [0.1, 0.15) is 5.69 Å². The van der Waals surface area contributed by atoms with E-state index in [1.54, 1.807) is 30.7 Å². The highest BCUT2D eigenvalue weighted by Gasteiger charge is 2.19. The first-order valence-electron chi connectivity index (χ1n) is 7.49.